The highest BCUT2D eigenvalue weighted by molar-refractivity contribution is 7.86. The van der Waals surface area contributed by atoms with Crippen molar-refractivity contribution in [2.75, 3.05) is 7.11 Å². The third-order valence-corrected chi connectivity index (χ3v) is 8.96. The van der Waals surface area contributed by atoms with E-state index < -0.39 is 51.5 Å². The van der Waals surface area contributed by atoms with Crippen molar-refractivity contribution >= 4 is 28.6 Å². The van der Waals surface area contributed by atoms with Crippen LogP contribution in [0.3, 0.4) is 0 Å². The number of esters is 1. The van der Waals surface area contributed by atoms with Gasteiger partial charge in [-0.3, -0.25) is 18.7 Å². The number of fused-ring (bicyclic) bond motifs is 6. The number of carbonyl (C=O) groups excluding carboxylic acids is 3. The standard InChI is InChI=1S/C27H24N2O7S/c1-34-17-9-7-16(8-10-17)14-35-27(32)23-21-18-11-12-19(36-18)24(21)37(33)26-22(25(31)29(23)26)28-20(30)13-15-5-3-2-4-6-15/h2-12,18-19,22,24,26H,13-14H2,1H3,(H,28,30)/t18-,19+,22-,24-,26-,37-/m1/s1. The molecule has 2 saturated heterocycles. The first-order valence-corrected chi connectivity index (χ1v) is 13.2. The van der Waals surface area contributed by atoms with Gasteiger partial charge in [0, 0.05) is 5.57 Å². The Balaban J connectivity index is 1.24. The molecule has 0 saturated carbocycles. The predicted molar refractivity (Wildman–Crippen MR) is 132 cm³/mol. The Bertz CT molecular complexity index is 1350. The van der Waals surface area contributed by atoms with Crippen molar-refractivity contribution in [3.63, 3.8) is 0 Å². The summed E-state index contributed by atoms with van der Waals surface area (Å²) in [5.74, 6) is -0.861. The normalized spacial score (nSPS) is 28.9. The summed E-state index contributed by atoms with van der Waals surface area (Å²) in [6, 6.07) is 15.2. The number of β-lactam (4-membered cyclic amide) rings is 1. The quantitative estimate of drug-likeness (QED) is 0.333. The fourth-order valence-corrected chi connectivity index (χ4v) is 7.29. The van der Waals surface area contributed by atoms with Gasteiger partial charge in [0.15, 0.2) is 0 Å². The number of benzene rings is 2. The fraction of sp³-hybridized carbons (Fsp3) is 0.296. The highest BCUT2D eigenvalue weighted by Gasteiger charge is 2.64. The Labute approximate surface area is 215 Å². The van der Waals surface area contributed by atoms with Gasteiger partial charge in [-0.2, -0.15) is 0 Å². The second kappa shape index (κ2) is 9.28. The van der Waals surface area contributed by atoms with E-state index in [-0.39, 0.29) is 24.6 Å². The molecular formula is C27H24N2O7S. The molecule has 2 fully saturated rings. The van der Waals surface area contributed by atoms with Crippen LogP contribution in [-0.4, -0.2) is 62.9 Å². The first-order chi connectivity index (χ1) is 18.0. The average Bonchev–Trinajstić information content (AvgIpc) is 3.54. The minimum absolute atomic E-state index is 0.0118. The van der Waals surface area contributed by atoms with Crippen molar-refractivity contribution in [2.45, 2.75) is 41.9 Å². The van der Waals surface area contributed by atoms with Gasteiger partial charge in [0.2, 0.25) is 5.91 Å². The van der Waals surface area contributed by atoms with E-state index in [9.17, 15) is 18.6 Å². The summed E-state index contributed by atoms with van der Waals surface area (Å²) in [7, 11) is -0.0277. The summed E-state index contributed by atoms with van der Waals surface area (Å²) in [5.41, 5.74) is 2.12. The van der Waals surface area contributed by atoms with Gasteiger partial charge in [-0.1, -0.05) is 54.6 Å². The molecule has 2 bridgehead atoms. The minimum Gasteiger partial charge on any atom is -0.497 e. The van der Waals surface area contributed by atoms with Crippen molar-refractivity contribution < 1.29 is 32.8 Å². The van der Waals surface area contributed by atoms with Gasteiger partial charge in [0.25, 0.3) is 5.91 Å². The van der Waals surface area contributed by atoms with Crippen molar-refractivity contribution in [1.29, 1.82) is 0 Å². The molecule has 4 aliphatic heterocycles. The molecule has 1 N–H and O–H groups in total. The highest BCUT2D eigenvalue weighted by atomic mass is 32.2. The monoisotopic (exact) mass is 520 g/mol. The summed E-state index contributed by atoms with van der Waals surface area (Å²) < 4.78 is 30.3. The van der Waals surface area contributed by atoms with E-state index in [2.05, 4.69) is 5.32 Å². The second-order valence-electron chi connectivity index (χ2n) is 9.19. The lowest BCUT2D eigenvalue weighted by Gasteiger charge is -2.51. The van der Waals surface area contributed by atoms with Gasteiger partial charge in [0.1, 0.15) is 35.6 Å². The lowest BCUT2D eigenvalue weighted by Crippen LogP contribution is -2.75. The van der Waals surface area contributed by atoms with Crippen LogP contribution in [-0.2, 0) is 47.7 Å². The van der Waals surface area contributed by atoms with Crippen LogP contribution in [0.15, 0.2) is 78.0 Å². The third-order valence-electron chi connectivity index (χ3n) is 6.98. The van der Waals surface area contributed by atoms with E-state index in [0.717, 1.165) is 11.1 Å². The number of hydrogen-bond donors (Lipinski definition) is 1. The summed E-state index contributed by atoms with van der Waals surface area (Å²) in [6.07, 6.45) is 2.72. The molecule has 2 amide bonds. The molecule has 0 unspecified atom stereocenters. The van der Waals surface area contributed by atoms with Gasteiger partial charge in [-0.25, -0.2) is 4.79 Å². The zero-order chi connectivity index (χ0) is 25.7. The van der Waals surface area contributed by atoms with Crippen LogP contribution in [0.2, 0.25) is 0 Å². The van der Waals surface area contributed by atoms with Crippen LogP contribution in [0.25, 0.3) is 0 Å². The van der Waals surface area contributed by atoms with Crippen LogP contribution < -0.4 is 10.1 Å². The molecule has 37 heavy (non-hydrogen) atoms. The van der Waals surface area contributed by atoms with E-state index in [0.29, 0.717) is 11.3 Å². The van der Waals surface area contributed by atoms with Crippen LogP contribution in [0.5, 0.6) is 5.75 Å². The van der Waals surface area contributed by atoms with Gasteiger partial charge in [-0.15, -0.1) is 0 Å². The SMILES string of the molecule is COc1ccc(COC(=O)C2=C3[C@H]4C=C[C@H](O4)[C@H]3[S@@](=O)[C@@H]3[C@H](NC(=O)Cc4ccccc4)C(=O)N23)cc1. The molecular weight excluding hydrogens is 496 g/mol. The Morgan fingerprint density at radius 2 is 1.81 bits per heavy atom. The van der Waals surface area contributed by atoms with Gasteiger partial charge >= 0.3 is 5.97 Å². The fourth-order valence-electron chi connectivity index (χ4n) is 5.21. The zero-order valence-corrected chi connectivity index (χ0v) is 20.7. The molecule has 190 valence electrons. The Hall–Kier alpha value is -3.76. The van der Waals surface area contributed by atoms with Crippen molar-refractivity contribution in [1.82, 2.24) is 10.2 Å². The maximum Gasteiger partial charge on any atom is 0.355 e. The summed E-state index contributed by atoms with van der Waals surface area (Å²) in [4.78, 5) is 40.5. The second-order valence-corrected chi connectivity index (χ2v) is 10.8. The van der Waals surface area contributed by atoms with Crippen molar-refractivity contribution in [2.24, 2.45) is 0 Å². The first kappa shape index (κ1) is 23.6. The molecule has 10 heteroatoms. The van der Waals surface area contributed by atoms with E-state index in [4.69, 9.17) is 14.2 Å². The van der Waals surface area contributed by atoms with E-state index >= 15 is 0 Å². The molecule has 6 atom stereocenters. The molecule has 6 rings (SSSR count). The molecule has 4 heterocycles. The average molecular weight is 521 g/mol. The summed E-state index contributed by atoms with van der Waals surface area (Å²) in [5, 5.41) is 1.27. The smallest absolute Gasteiger partial charge is 0.355 e. The molecule has 0 radical (unpaired) electrons. The molecule has 9 nitrogen and oxygen atoms in total. The topological polar surface area (TPSA) is 111 Å². The number of amides is 2. The van der Waals surface area contributed by atoms with Crippen LogP contribution in [0, 0.1) is 0 Å². The zero-order valence-electron chi connectivity index (χ0n) is 19.9. The molecule has 2 aromatic carbocycles. The molecule has 0 spiro atoms. The Kier molecular flexibility index (Phi) is 5.92. The van der Waals surface area contributed by atoms with Gasteiger partial charge in [0.05, 0.1) is 35.7 Å². The Morgan fingerprint density at radius 1 is 1.05 bits per heavy atom. The maximum atomic E-state index is 13.6. The number of nitrogens with zero attached hydrogens (tertiary/aromatic N) is 1. The first-order valence-electron chi connectivity index (χ1n) is 11.9. The maximum absolute atomic E-state index is 13.6. The molecule has 2 aromatic rings. The number of methoxy groups -OCH3 is 1. The van der Waals surface area contributed by atoms with Crippen LogP contribution in [0.4, 0.5) is 0 Å². The van der Waals surface area contributed by atoms with E-state index in [1.165, 1.54) is 4.90 Å². The third kappa shape index (κ3) is 3.96. The largest absolute Gasteiger partial charge is 0.497 e. The lowest BCUT2D eigenvalue weighted by atomic mass is 9.94. The van der Waals surface area contributed by atoms with Crippen molar-refractivity contribution in [3.05, 3.63) is 89.1 Å². The predicted octanol–water partition coefficient (Wildman–Crippen LogP) is 1.36. The number of carbonyl (C=O) groups is 3. The van der Waals surface area contributed by atoms with Gasteiger partial charge in [-0.05, 0) is 23.3 Å². The van der Waals surface area contributed by atoms with Gasteiger partial charge < -0.3 is 19.5 Å². The van der Waals surface area contributed by atoms with E-state index in [1.54, 1.807) is 37.5 Å². The summed E-state index contributed by atoms with van der Waals surface area (Å²) >= 11 is 0. The number of nitrogens with one attached hydrogen (secondary N) is 1. The number of rotatable bonds is 7. The van der Waals surface area contributed by atoms with Crippen molar-refractivity contribution in [3.8, 4) is 5.75 Å². The Morgan fingerprint density at radius 3 is 2.54 bits per heavy atom. The molecule has 0 aliphatic carbocycles. The molecule has 4 aliphatic rings. The lowest BCUT2D eigenvalue weighted by molar-refractivity contribution is -0.153. The number of hydrogen-bond acceptors (Lipinski definition) is 7. The molecule has 0 aromatic heterocycles. The number of ether oxygens (including phenoxy) is 3. The van der Waals surface area contributed by atoms with Crippen LogP contribution in [0.1, 0.15) is 11.1 Å². The van der Waals surface area contributed by atoms with Crippen LogP contribution >= 0.6 is 0 Å². The van der Waals surface area contributed by atoms with E-state index in [1.807, 2.05) is 36.4 Å². The summed E-state index contributed by atoms with van der Waals surface area (Å²) in [6.45, 7) is -0.0118. The highest BCUT2D eigenvalue weighted by Crippen LogP contribution is 2.47. The minimum atomic E-state index is -1.59.